The van der Waals surface area contributed by atoms with Crippen LogP contribution in [0, 0.1) is 0 Å². The molecule has 1 fully saturated rings. The Morgan fingerprint density at radius 1 is 1.28 bits per heavy atom. The molecule has 7 heteroatoms. The lowest BCUT2D eigenvalue weighted by Crippen LogP contribution is -2.52. The highest BCUT2D eigenvalue weighted by atomic mass is 16.3. The molecule has 3 heterocycles. The minimum Gasteiger partial charge on any atom is -0.390 e. The van der Waals surface area contributed by atoms with E-state index in [1.165, 1.54) is 11.1 Å². The van der Waals surface area contributed by atoms with Crippen LogP contribution in [0.15, 0.2) is 42.6 Å². The van der Waals surface area contributed by atoms with E-state index in [1.54, 1.807) is 18.3 Å². The van der Waals surface area contributed by atoms with Crippen molar-refractivity contribution in [1.82, 2.24) is 20.1 Å². The van der Waals surface area contributed by atoms with E-state index in [0.717, 1.165) is 32.6 Å². The minimum atomic E-state index is -0.603. The first kappa shape index (κ1) is 19.8. The number of pyridine rings is 1. The van der Waals surface area contributed by atoms with Gasteiger partial charge in [-0.15, -0.1) is 0 Å². The molecule has 29 heavy (non-hydrogen) atoms. The average molecular weight is 396 g/mol. The SMILES string of the molecule is CN1CC(Nc2cc(C(=O)NC[C@H](O)CN3CCc4ccccc4C3)ccn2)C1. The van der Waals surface area contributed by atoms with Crippen molar-refractivity contribution in [3.8, 4) is 0 Å². The number of hydrogen-bond donors (Lipinski definition) is 3. The lowest BCUT2D eigenvalue weighted by molar-refractivity contribution is 0.0842. The standard InChI is InChI=1S/C22H29N5O2/c1-26-13-19(14-26)25-21-10-17(6-8-23-21)22(29)24-11-20(28)15-27-9-7-16-4-2-3-5-18(16)12-27/h2-6,8,10,19-20,28H,7,9,11-15H2,1H3,(H,23,25)(H,24,29)/t20-/m0/s1. The molecule has 7 nitrogen and oxygen atoms in total. The van der Waals surface area contributed by atoms with Gasteiger partial charge >= 0.3 is 0 Å². The summed E-state index contributed by atoms with van der Waals surface area (Å²) in [5.41, 5.74) is 3.26. The van der Waals surface area contributed by atoms with Gasteiger partial charge in [0, 0.05) is 51.0 Å². The van der Waals surface area contributed by atoms with E-state index in [0.29, 0.717) is 24.0 Å². The summed E-state index contributed by atoms with van der Waals surface area (Å²) in [5.74, 6) is 0.521. The van der Waals surface area contributed by atoms with Gasteiger partial charge in [-0.1, -0.05) is 24.3 Å². The molecule has 1 amide bonds. The summed E-state index contributed by atoms with van der Waals surface area (Å²) in [6.07, 6.45) is 2.04. The molecule has 3 N–H and O–H groups in total. The number of benzene rings is 1. The van der Waals surface area contributed by atoms with Crippen LogP contribution < -0.4 is 10.6 Å². The maximum absolute atomic E-state index is 12.5. The van der Waals surface area contributed by atoms with E-state index in [9.17, 15) is 9.90 Å². The third-order valence-electron chi connectivity index (χ3n) is 5.62. The van der Waals surface area contributed by atoms with Gasteiger partial charge < -0.3 is 20.6 Å². The van der Waals surface area contributed by atoms with Gasteiger partial charge in [0.2, 0.25) is 0 Å². The number of fused-ring (bicyclic) bond motifs is 1. The molecule has 2 aliphatic heterocycles. The molecule has 0 aliphatic carbocycles. The number of amides is 1. The molecule has 0 unspecified atom stereocenters. The molecule has 1 saturated heterocycles. The van der Waals surface area contributed by atoms with Crippen molar-refractivity contribution in [2.24, 2.45) is 0 Å². The van der Waals surface area contributed by atoms with E-state index in [-0.39, 0.29) is 12.5 Å². The van der Waals surface area contributed by atoms with Crippen molar-refractivity contribution in [1.29, 1.82) is 0 Å². The summed E-state index contributed by atoms with van der Waals surface area (Å²) in [4.78, 5) is 21.2. The van der Waals surface area contributed by atoms with E-state index in [1.807, 2.05) is 0 Å². The number of rotatable bonds is 7. The Bertz CT molecular complexity index is 853. The topological polar surface area (TPSA) is 80.7 Å². The number of nitrogens with zero attached hydrogens (tertiary/aromatic N) is 3. The molecule has 0 saturated carbocycles. The number of likely N-dealkylation sites (tertiary alicyclic amines) is 1. The number of aliphatic hydroxyl groups excluding tert-OH is 1. The highest BCUT2D eigenvalue weighted by Crippen LogP contribution is 2.18. The van der Waals surface area contributed by atoms with Crippen molar-refractivity contribution in [3.05, 3.63) is 59.3 Å². The van der Waals surface area contributed by atoms with Gasteiger partial charge in [-0.25, -0.2) is 4.98 Å². The Morgan fingerprint density at radius 3 is 2.86 bits per heavy atom. The Hall–Kier alpha value is -2.48. The normalized spacial score (nSPS) is 18.6. The van der Waals surface area contributed by atoms with Crippen LogP contribution in [-0.2, 0) is 13.0 Å². The average Bonchev–Trinajstić information content (AvgIpc) is 2.71. The summed E-state index contributed by atoms with van der Waals surface area (Å²) in [7, 11) is 2.07. The number of carbonyl (C=O) groups excluding carboxylic acids is 1. The Labute approximate surface area is 171 Å². The molecule has 1 atom stereocenters. The molecule has 0 spiro atoms. The van der Waals surface area contributed by atoms with E-state index >= 15 is 0 Å². The molecular formula is C22H29N5O2. The quantitative estimate of drug-likeness (QED) is 0.648. The third-order valence-corrected chi connectivity index (χ3v) is 5.62. The fraction of sp³-hybridized carbons (Fsp3) is 0.455. The highest BCUT2D eigenvalue weighted by molar-refractivity contribution is 5.94. The monoisotopic (exact) mass is 395 g/mol. The summed E-state index contributed by atoms with van der Waals surface area (Å²) in [6, 6.07) is 12.3. The lowest BCUT2D eigenvalue weighted by atomic mass is 10.00. The van der Waals surface area contributed by atoms with E-state index < -0.39 is 6.10 Å². The van der Waals surface area contributed by atoms with E-state index in [2.05, 4.69) is 56.7 Å². The van der Waals surface area contributed by atoms with Gasteiger partial charge in [0.05, 0.1) is 12.1 Å². The first-order valence-corrected chi connectivity index (χ1v) is 10.2. The van der Waals surface area contributed by atoms with E-state index in [4.69, 9.17) is 0 Å². The van der Waals surface area contributed by atoms with Crippen LogP contribution in [0.1, 0.15) is 21.5 Å². The first-order chi connectivity index (χ1) is 14.1. The highest BCUT2D eigenvalue weighted by Gasteiger charge is 2.23. The Balaban J connectivity index is 1.24. The Kier molecular flexibility index (Phi) is 6.08. The van der Waals surface area contributed by atoms with Crippen LogP contribution in [0.5, 0.6) is 0 Å². The van der Waals surface area contributed by atoms with Crippen molar-refractivity contribution in [2.75, 3.05) is 45.1 Å². The first-order valence-electron chi connectivity index (χ1n) is 10.2. The van der Waals surface area contributed by atoms with Gasteiger partial charge in [-0.2, -0.15) is 0 Å². The van der Waals surface area contributed by atoms with Crippen LogP contribution >= 0.6 is 0 Å². The molecule has 4 rings (SSSR count). The summed E-state index contributed by atoms with van der Waals surface area (Å²) >= 11 is 0. The zero-order valence-electron chi connectivity index (χ0n) is 16.8. The van der Waals surface area contributed by atoms with Crippen LogP contribution in [0.2, 0.25) is 0 Å². The van der Waals surface area contributed by atoms with Gasteiger partial charge in [0.15, 0.2) is 0 Å². The minimum absolute atomic E-state index is 0.191. The second-order valence-corrected chi connectivity index (χ2v) is 8.11. The molecule has 2 aliphatic rings. The number of hydrogen-bond acceptors (Lipinski definition) is 6. The zero-order valence-corrected chi connectivity index (χ0v) is 16.8. The molecule has 154 valence electrons. The largest absolute Gasteiger partial charge is 0.390 e. The van der Waals surface area contributed by atoms with Crippen LogP contribution in [0.3, 0.4) is 0 Å². The number of nitrogens with one attached hydrogen (secondary N) is 2. The summed E-state index contributed by atoms with van der Waals surface area (Å²) in [6.45, 7) is 4.51. The van der Waals surface area contributed by atoms with Crippen molar-refractivity contribution < 1.29 is 9.90 Å². The van der Waals surface area contributed by atoms with Gasteiger partial charge in [-0.3, -0.25) is 9.69 Å². The predicted octanol–water partition coefficient (Wildman–Crippen LogP) is 0.957. The van der Waals surface area contributed by atoms with Crippen molar-refractivity contribution in [3.63, 3.8) is 0 Å². The van der Waals surface area contributed by atoms with Gasteiger partial charge in [0.25, 0.3) is 5.91 Å². The van der Waals surface area contributed by atoms with Crippen LogP contribution in [-0.4, -0.2) is 77.7 Å². The predicted molar refractivity (Wildman–Crippen MR) is 113 cm³/mol. The van der Waals surface area contributed by atoms with Crippen molar-refractivity contribution in [2.45, 2.75) is 25.1 Å². The Morgan fingerprint density at radius 2 is 2.07 bits per heavy atom. The second kappa shape index (κ2) is 8.90. The number of anilines is 1. The number of aromatic nitrogens is 1. The summed E-state index contributed by atoms with van der Waals surface area (Å²) in [5, 5.41) is 16.6. The second-order valence-electron chi connectivity index (χ2n) is 8.11. The fourth-order valence-corrected chi connectivity index (χ4v) is 4.04. The number of aliphatic hydroxyl groups is 1. The molecule has 0 bridgehead atoms. The summed E-state index contributed by atoms with van der Waals surface area (Å²) < 4.78 is 0. The molecule has 0 radical (unpaired) electrons. The smallest absolute Gasteiger partial charge is 0.251 e. The van der Waals surface area contributed by atoms with Gasteiger partial charge in [-0.05, 0) is 36.7 Å². The number of likely N-dealkylation sites (N-methyl/N-ethyl adjacent to an activating group) is 1. The molecule has 1 aromatic heterocycles. The molecule has 2 aromatic rings. The number of β-amino-alcohol motifs (C(OH)–C–C–N with tert-alkyl or cyclic N) is 1. The maximum Gasteiger partial charge on any atom is 0.251 e. The number of carbonyl (C=O) groups is 1. The fourth-order valence-electron chi connectivity index (χ4n) is 4.04. The van der Waals surface area contributed by atoms with Crippen molar-refractivity contribution >= 4 is 11.7 Å². The lowest BCUT2D eigenvalue weighted by Gasteiger charge is -2.36. The van der Waals surface area contributed by atoms with Crippen LogP contribution in [0.25, 0.3) is 0 Å². The van der Waals surface area contributed by atoms with Gasteiger partial charge in [0.1, 0.15) is 5.82 Å². The molecule has 1 aromatic carbocycles. The third kappa shape index (κ3) is 5.12. The zero-order chi connectivity index (χ0) is 20.2. The maximum atomic E-state index is 12.5. The van der Waals surface area contributed by atoms with Crippen LogP contribution in [0.4, 0.5) is 5.82 Å². The molecular weight excluding hydrogens is 366 g/mol.